The van der Waals surface area contributed by atoms with Crippen LogP contribution in [0.2, 0.25) is 0 Å². The standard InChI is InChI=1S/C87H142O17P2/c1-5-9-13-17-21-25-29-33-37-39-40-42-46-48-52-56-60-64-68-72-85(90)98-78-83(104-87(92)74-70-66-62-58-54-50-44-36-32-28-24-20-16-12-8-4)80-102-106(95,96)100-76-81(88)75-99-105(93,94)101-79-82(103-86(91)73-69-65-61-57-53-49-43-35-31-27-23-19-15-11-7-3)77-97-84(89)71-67-63-59-55-51-47-45-41-38-34-30-26-22-18-14-10-6-2/h9-10,12-14,16,21-22,24-26,28,33-34,36-38,40,42,44,48,52,54,58,60,64,66,70,81-83,88H,5-8,11,15,17-20,23,27,29-32,35,39,41,43,45-47,49-51,53,55-57,59,61-63,65,67-69,71-80H2,1-4H3,(H,93,94)(H,95,96)/b13-9-,14-10-,16-12-,25-21-,26-22-,28-24-,37-33-,38-34-,42-40-,44-36-,52-48-,58-54-,64-60-,70-66-. The van der Waals surface area contributed by atoms with E-state index >= 15 is 0 Å². The van der Waals surface area contributed by atoms with Gasteiger partial charge >= 0.3 is 39.5 Å². The molecule has 0 spiro atoms. The van der Waals surface area contributed by atoms with E-state index in [9.17, 15) is 43.2 Å². The van der Waals surface area contributed by atoms with Gasteiger partial charge in [-0.05, 0) is 122 Å². The summed E-state index contributed by atoms with van der Waals surface area (Å²) in [5, 5.41) is 10.6. The molecule has 17 nitrogen and oxygen atoms in total. The predicted molar refractivity (Wildman–Crippen MR) is 436 cm³/mol. The molecule has 0 saturated heterocycles. The number of phosphoric acid groups is 2. The van der Waals surface area contributed by atoms with Gasteiger partial charge in [-0.1, -0.05) is 320 Å². The highest BCUT2D eigenvalue weighted by molar-refractivity contribution is 7.47. The highest BCUT2D eigenvalue weighted by atomic mass is 31.2. The second-order valence-corrected chi connectivity index (χ2v) is 29.1. The lowest BCUT2D eigenvalue weighted by molar-refractivity contribution is -0.161. The number of phosphoric ester groups is 2. The minimum atomic E-state index is -5.03. The summed E-state index contributed by atoms with van der Waals surface area (Å²) in [6, 6.07) is 0. The number of carbonyl (C=O) groups excluding carboxylic acids is 4. The van der Waals surface area contributed by atoms with Crippen molar-refractivity contribution in [3.05, 3.63) is 170 Å². The molecule has 5 atom stereocenters. The fourth-order valence-corrected chi connectivity index (χ4v) is 11.8. The Morgan fingerprint density at radius 3 is 0.896 bits per heavy atom. The van der Waals surface area contributed by atoms with Crippen molar-refractivity contribution in [3.63, 3.8) is 0 Å². The Labute approximate surface area is 642 Å². The van der Waals surface area contributed by atoms with E-state index in [0.29, 0.717) is 32.1 Å². The van der Waals surface area contributed by atoms with Gasteiger partial charge in [0, 0.05) is 19.3 Å². The molecule has 0 aliphatic carbocycles. The first kappa shape index (κ1) is 100. The Hall–Kier alpha value is -5.58. The molecular weight excluding hydrogens is 1380 g/mol. The van der Waals surface area contributed by atoms with Gasteiger partial charge in [0.1, 0.15) is 19.3 Å². The number of carbonyl (C=O) groups is 4. The molecule has 0 rings (SSSR count). The molecular formula is C87H142O17P2. The molecule has 0 heterocycles. The van der Waals surface area contributed by atoms with Crippen LogP contribution in [0, 0.1) is 0 Å². The van der Waals surface area contributed by atoms with Crippen LogP contribution in [-0.2, 0) is 65.4 Å². The summed E-state index contributed by atoms with van der Waals surface area (Å²) in [4.78, 5) is 73.0. The van der Waals surface area contributed by atoms with E-state index in [1.54, 1.807) is 12.2 Å². The number of unbranched alkanes of at least 4 members (excludes halogenated alkanes) is 21. The van der Waals surface area contributed by atoms with Crippen molar-refractivity contribution in [3.8, 4) is 0 Å². The summed E-state index contributed by atoms with van der Waals surface area (Å²) < 4.78 is 68.4. The maximum absolute atomic E-state index is 13.1. The monoisotopic (exact) mass is 1520 g/mol. The third kappa shape index (κ3) is 76.6. The Balaban J connectivity index is 5.50. The summed E-state index contributed by atoms with van der Waals surface area (Å²) >= 11 is 0. The van der Waals surface area contributed by atoms with E-state index in [1.807, 2.05) is 30.4 Å². The minimum absolute atomic E-state index is 0.0110. The van der Waals surface area contributed by atoms with Gasteiger partial charge < -0.3 is 33.8 Å². The predicted octanol–water partition coefficient (Wildman–Crippen LogP) is 23.8. The molecule has 106 heavy (non-hydrogen) atoms. The lowest BCUT2D eigenvalue weighted by Crippen LogP contribution is -2.30. The number of allylic oxidation sites excluding steroid dienone is 27. The molecule has 0 amide bonds. The van der Waals surface area contributed by atoms with Crippen LogP contribution in [-0.4, -0.2) is 96.7 Å². The third-order valence-electron chi connectivity index (χ3n) is 16.2. The zero-order valence-corrected chi connectivity index (χ0v) is 67.6. The largest absolute Gasteiger partial charge is 0.472 e. The highest BCUT2D eigenvalue weighted by Crippen LogP contribution is 2.45. The smallest absolute Gasteiger partial charge is 0.462 e. The van der Waals surface area contributed by atoms with Gasteiger partial charge in [-0.15, -0.1) is 0 Å². The molecule has 0 aliphatic heterocycles. The second-order valence-electron chi connectivity index (χ2n) is 26.2. The van der Waals surface area contributed by atoms with Crippen LogP contribution >= 0.6 is 15.6 Å². The third-order valence-corrected chi connectivity index (χ3v) is 18.1. The Bertz CT molecular complexity index is 2680. The first-order valence-corrected chi connectivity index (χ1v) is 43.4. The van der Waals surface area contributed by atoms with Crippen LogP contribution < -0.4 is 0 Å². The molecule has 5 unspecified atom stereocenters. The topological polar surface area (TPSA) is 237 Å². The van der Waals surface area contributed by atoms with Crippen molar-refractivity contribution in [2.24, 2.45) is 0 Å². The van der Waals surface area contributed by atoms with Crippen LogP contribution in [0.25, 0.3) is 0 Å². The zero-order chi connectivity index (χ0) is 77.4. The number of rotatable bonds is 74. The molecule has 0 aromatic rings. The molecule has 0 aromatic heterocycles. The van der Waals surface area contributed by atoms with E-state index in [-0.39, 0.29) is 25.7 Å². The number of ether oxygens (including phenoxy) is 4. The van der Waals surface area contributed by atoms with Crippen LogP contribution in [0.15, 0.2) is 170 Å². The van der Waals surface area contributed by atoms with Crippen molar-refractivity contribution in [2.75, 3.05) is 39.6 Å². The molecule has 19 heteroatoms. The van der Waals surface area contributed by atoms with Gasteiger partial charge in [-0.25, -0.2) is 9.13 Å². The van der Waals surface area contributed by atoms with Gasteiger partial charge in [-0.3, -0.25) is 37.3 Å². The minimum Gasteiger partial charge on any atom is -0.462 e. The lowest BCUT2D eigenvalue weighted by atomic mass is 10.0. The summed E-state index contributed by atoms with van der Waals surface area (Å²) in [5.74, 6) is -2.44. The van der Waals surface area contributed by atoms with Gasteiger partial charge in [-0.2, -0.15) is 0 Å². The molecule has 0 fully saturated rings. The normalized spacial score (nSPS) is 14.7. The Morgan fingerprint density at radius 1 is 0.283 bits per heavy atom. The molecule has 3 N–H and O–H groups in total. The van der Waals surface area contributed by atoms with Crippen LogP contribution in [0.1, 0.15) is 297 Å². The molecule has 0 aliphatic rings. The molecule has 0 radical (unpaired) electrons. The average molecular weight is 1520 g/mol. The quantitative estimate of drug-likeness (QED) is 0.0169. The van der Waals surface area contributed by atoms with Crippen molar-refractivity contribution >= 4 is 39.5 Å². The van der Waals surface area contributed by atoms with Gasteiger partial charge in [0.05, 0.1) is 32.8 Å². The van der Waals surface area contributed by atoms with Crippen LogP contribution in [0.5, 0.6) is 0 Å². The second kappa shape index (κ2) is 77.6. The summed E-state index contributed by atoms with van der Waals surface area (Å²) in [6.45, 7) is 4.33. The maximum atomic E-state index is 13.1. The fraction of sp³-hybridized carbons (Fsp3) is 0.632. The van der Waals surface area contributed by atoms with Gasteiger partial charge in [0.15, 0.2) is 12.2 Å². The summed E-state index contributed by atoms with van der Waals surface area (Å²) in [6.07, 6.45) is 92.4. The molecule has 0 aromatic carbocycles. The van der Waals surface area contributed by atoms with E-state index < -0.39 is 97.5 Å². The van der Waals surface area contributed by atoms with Crippen LogP contribution in [0.4, 0.5) is 0 Å². The van der Waals surface area contributed by atoms with Crippen molar-refractivity contribution < 1.29 is 80.2 Å². The molecule has 0 saturated carbocycles. The first-order chi connectivity index (χ1) is 51.7. The summed E-state index contributed by atoms with van der Waals surface area (Å²) in [5.41, 5.74) is 0. The van der Waals surface area contributed by atoms with E-state index in [2.05, 4.69) is 155 Å². The lowest BCUT2D eigenvalue weighted by Gasteiger charge is -2.21. The maximum Gasteiger partial charge on any atom is 0.472 e. The zero-order valence-electron chi connectivity index (χ0n) is 65.8. The first-order valence-electron chi connectivity index (χ1n) is 40.4. The molecule has 602 valence electrons. The number of hydrogen-bond donors (Lipinski definition) is 3. The highest BCUT2D eigenvalue weighted by Gasteiger charge is 2.30. The molecule has 0 bridgehead atoms. The number of aliphatic hydroxyl groups is 1. The van der Waals surface area contributed by atoms with Gasteiger partial charge in [0.25, 0.3) is 0 Å². The SMILES string of the molecule is CC/C=C\C/C=C\C/C=C\C/C=C\C/C=C\C/C=C\CCC(=O)OCC(COP(=O)(O)OCC(O)COP(=O)(O)OCC(COC(=O)CCCCCCCCC/C=C\C/C=C\C/C=C\CC)OC(=O)CCCCCCCCCCCCCCCCC)OC(=O)C/C=C\C/C=C\C/C=C\C/C=C\C/C=C\CC. The van der Waals surface area contributed by atoms with Crippen molar-refractivity contribution in [1.29, 1.82) is 0 Å². The number of esters is 4. The van der Waals surface area contributed by atoms with E-state index in [4.69, 9.17) is 37.0 Å². The number of hydrogen-bond acceptors (Lipinski definition) is 15. The van der Waals surface area contributed by atoms with E-state index in [1.165, 1.54) is 64.2 Å². The fourth-order valence-electron chi connectivity index (χ4n) is 10.2. The Kier molecular flexibility index (Phi) is 73.5. The van der Waals surface area contributed by atoms with Gasteiger partial charge in [0.2, 0.25) is 0 Å². The summed E-state index contributed by atoms with van der Waals surface area (Å²) in [7, 11) is -10.0. The van der Waals surface area contributed by atoms with Crippen LogP contribution in [0.3, 0.4) is 0 Å². The number of aliphatic hydroxyl groups excluding tert-OH is 1. The van der Waals surface area contributed by atoms with Crippen molar-refractivity contribution in [2.45, 2.75) is 316 Å². The average Bonchev–Trinajstić information content (AvgIpc) is 0.909. The van der Waals surface area contributed by atoms with E-state index in [0.717, 1.165) is 148 Å². The van der Waals surface area contributed by atoms with Crippen molar-refractivity contribution in [1.82, 2.24) is 0 Å². The Morgan fingerprint density at radius 2 is 0.547 bits per heavy atom.